The Morgan fingerprint density at radius 1 is 1.22 bits per heavy atom. The van der Waals surface area contributed by atoms with Gasteiger partial charge in [0.1, 0.15) is 0 Å². The van der Waals surface area contributed by atoms with Crippen molar-refractivity contribution in [3.63, 3.8) is 0 Å². The van der Waals surface area contributed by atoms with Crippen LogP contribution in [0.1, 0.15) is 31.9 Å². The number of benzene rings is 1. The van der Waals surface area contributed by atoms with Crippen LogP contribution in [0.25, 0.3) is 0 Å². The number of hydrogen-bond acceptors (Lipinski definition) is 3. The predicted molar refractivity (Wildman–Crippen MR) is 74.8 cm³/mol. The number of hydrogen-bond donors (Lipinski definition) is 1. The van der Waals surface area contributed by atoms with Crippen molar-refractivity contribution in [2.45, 2.75) is 45.6 Å². The Morgan fingerprint density at radius 2 is 1.83 bits per heavy atom. The van der Waals surface area contributed by atoms with Crippen LogP contribution in [0.15, 0.2) is 17.0 Å². The lowest BCUT2D eigenvalue weighted by atomic mass is 9.87. The average molecular weight is 267 g/mol. The van der Waals surface area contributed by atoms with Crippen LogP contribution in [0.5, 0.6) is 0 Å². The molecule has 0 spiro atoms. The molecule has 0 bridgehead atoms. The first-order valence-corrected chi connectivity index (χ1v) is 7.87. The SMILES string of the molecule is Cc1ccc2c(c1C)NC(C(C)(C)C)CS2(=O)=O. The molecule has 1 aromatic carbocycles. The van der Waals surface area contributed by atoms with Crippen LogP contribution in [-0.2, 0) is 9.84 Å². The molecule has 0 saturated heterocycles. The maximum atomic E-state index is 12.4. The van der Waals surface area contributed by atoms with Gasteiger partial charge in [0.15, 0.2) is 9.84 Å². The third-order valence-corrected chi connectivity index (χ3v) is 5.57. The maximum Gasteiger partial charge on any atom is 0.182 e. The van der Waals surface area contributed by atoms with E-state index in [9.17, 15) is 8.42 Å². The Hall–Kier alpha value is -1.03. The second-order valence-corrected chi connectivity index (χ2v) is 8.23. The molecular weight excluding hydrogens is 246 g/mol. The molecule has 1 unspecified atom stereocenters. The zero-order chi connectivity index (χ0) is 13.7. The summed E-state index contributed by atoms with van der Waals surface area (Å²) in [7, 11) is -3.18. The number of nitrogens with one attached hydrogen (secondary N) is 1. The van der Waals surface area contributed by atoms with Gasteiger partial charge in [0.2, 0.25) is 0 Å². The van der Waals surface area contributed by atoms with Crippen LogP contribution in [-0.4, -0.2) is 20.2 Å². The van der Waals surface area contributed by atoms with Gasteiger partial charge in [-0.25, -0.2) is 8.42 Å². The van der Waals surface area contributed by atoms with Gasteiger partial charge in [0, 0.05) is 6.04 Å². The summed E-state index contributed by atoms with van der Waals surface area (Å²) < 4.78 is 24.7. The number of sulfone groups is 1. The van der Waals surface area contributed by atoms with E-state index in [0.29, 0.717) is 4.90 Å². The van der Waals surface area contributed by atoms with E-state index in [1.807, 2.05) is 19.9 Å². The fourth-order valence-electron chi connectivity index (χ4n) is 2.22. The van der Waals surface area contributed by atoms with Crippen LogP contribution in [0.4, 0.5) is 5.69 Å². The Balaban J connectivity index is 2.62. The largest absolute Gasteiger partial charge is 0.379 e. The van der Waals surface area contributed by atoms with Crippen LogP contribution >= 0.6 is 0 Å². The molecule has 0 amide bonds. The van der Waals surface area contributed by atoms with E-state index < -0.39 is 9.84 Å². The van der Waals surface area contributed by atoms with Gasteiger partial charge in [0.25, 0.3) is 0 Å². The van der Waals surface area contributed by atoms with Gasteiger partial charge in [-0.2, -0.15) is 0 Å². The van der Waals surface area contributed by atoms with Gasteiger partial charge in [0.05, 0.1) is 16.3 Å². The first kappa shape index (κ1) is 13.4. The summed E-state index contributed by atoms with van der Waals surface area (Å²) in [5.41, 5.74) is 2.86. The Kier molecular flexibility index (Phi) is 2.97. The summed E-state index contributed by atoms with van der Waals surface area (Å²) >= 11 is 0. The summed E-state index contributed by atoms with van der Waals surface area (Å²) in [6.45, 7) is 10.2. The second-order valence-electron chi connectivity index (χ2n) is 6.22. The van der Waals surface area contributed by atoms with E-state index in [2.05, 4.69) is 26.1 Å². The van der Waals surface area contributed by atoms with Crippen molar-refractivity contribution in [1.82, 2.24) is 0 Å². The van der Waals surface area contributed by atoms with Gasteiger partial charge in [-0.15, -0.1) is 0 Å². The molecule has 1 atom stereocenters. The monoisotopic (exact) mass is 267 g/mol. The Bertz CT molecular complexity index is 583. The highest BCUT2D eigenvalue weighted by molar-refractivity contribution is 7.91. The minimum absolute atomic E-state index is 0.0458. The first-order chi connectivity index (χ1) is 8.13. The molecule has 2 rings (SSSR count). The molecule has 4 heteroatoms. The highest BCUT2D eigenvalue weighted by Crippen LogP contribution is 2.37. The maximum absolute atomic E-state index is 12.4. The fourth-order valence-corrected chi connectivity index (χ4v) is 4.22. The molecule has 1 heterocycles. The van der Waals surface area contributed by atoms with Gasteiger partial charge in [-0.05, 0) is 36.5 Å². The molecule has 1 N–H and O–H groups in total. The van der Waals surface area contributed by atoms with Crippen molar-refractivity contribution in [2.24, 2.45) is 5.41 Å². The van der Waals surface area contributed by atoms with Crippen molar-refractivity contribution in [2.75, 3.05) is 11.1 Å². The van der Waals surface area contributed by atoms with Crippen LogP contribution in [0.3, 0.4) is 0 Å². The van der Waals surface area contributed by atoms with Crippen LogP contribution in [0.2, 0.25) is 0 Å². The highest BCUT2D eigenvalue weighted by Gasteiger charge is 2.36. The van der Waals surface area contributed by atoms with E-state index in [0.717, 1.165) is 16.8 Å². The Labute approximate surface area is 110 Å². The lowest BCUT2D eigenvalue weighted by Crippen LogP contribution is -2.43. The molecule has 1 aliphatic heterocycles. The molecule has 0 aromatic heterocycles. The molecule has 1 aromatic rings. The molecule has 3 nitrogen and oxygen atoms in total. The minimum atomic E-state index is -3.18. The third kappa shape index (κ3) is 2.14. The van der Waals surface area contributed by atoms with Gasteiger partial charge in [-0.3, -0.25) is 0 Å². The quantitative estimate of drug-likeness (QED) is 0.786. The second kappa shape index (κ2) is 3.98. The molecule has 100 valence electrons. The summed E-state index contributed by atoms with van der Waals surface area (Å²) in [6, 6.07) is 3.56. The summed E-state index contributed by atoms with van der Waals surface area (Å²) in [4.78, 5) is 0.450. The van der Waals surface area contributed by atoms with Crippen molar-refractivity contribution >= 4 is 15.5 Å². The summed E-state index contributed by atoms with van der Waals surface area (Å²) in [5, 5.41) is 3.42. The topological polar surface area (TPSA) is 46.2 Å². The molecule has 1 aliphatic rings. The summed E-state index contributed by atoms with van der Waals surface area (Å²) in [5.74, 6) is 0.173. The Morgan fingerprint density at radius 3 is 2.39 bits per heavy atom. The van der Waals surface area contributed by atoms with Crippen LogP contribution in [0, 0.1) is 19.3 Å². The van der Waals surface area contributed by atoms with Gasteiger partial charge in [-0.1, -0.05) is 26.8 Å². The van der Waals surface area contributed by atoms with E-state index in [-0.39, 0.29) is 17.2 Å². The molecule has 0 saturated carbocycles. The fraction of sp³-hybridized carbons (Fsp3) is 0.571. The average Bonchev–Trinajstić information content (AvgIpc) is 2.21. The highest BCUT2D eigenvalue weighted by atomic mass is 32.2. The van der Waals surface area contributed by atoms with Crippen molar-refractivity contribution < 1.29 is 8.42 Å². The van der Waals surface area contributed by atoms with Gasteiger partial charge < -0.3 is 5.32 Å². The van der Waals surface area contributed by atoms with E-state index >= 15 is 0 Å². The lowest BCUT2D eigenvalue weighted by Gasteiger charge is -2.37. The molecule has 0 fully saturated rings. The van der Waals surface area contributed by atoms with Crippen LogP contribution < -0.4 is 5.32 Å². The van der Waals surface area contributed by atoms with E-state index in [1.165, 1.54) is 0 Å². The van der Waals surface area contributed by atoms with Crippen molar-refractivity contribution in [3.05, 3.63) is 23.3 Å². The molecule has 0 radical (unpaired) electrons. The zero-order valence-electron chi connectivity index (χ0n) is 11.7. The standard InChI is InChI=1S/C14H21NO2S/c1-9-6-7-11-13(10(9)2)15-12(14(3,4)5)8-18(11,16)17/h6-7,12,15H,8H2,1-5H3. The lowest BCUT2D eigenvalue weighted by molar-refractivity contribution is 0.356. The van der Waals surface area contributed by atoms with Crippen molar-refractivity contribution in [1.29, 1.82) is 0 Å². The number of anilines is 1. The van der Waals surface area contributed by atoms with E-state index in [4.69, 9.17) is 0 Å². The zero-order valence-corrected chi connectivity index (χ0v) is 12.5. The molecular formula is C14H21NO2S. The normalized spacial score (nSPS) is 22.2. The molecule has 0 aliphatic carbocycles. The predicted octanol–water partition coefficient (Wildman–Crippen LogP) is 2.92. The smallest absolute Gasteiger partial charge is 0.182 e. The minimum Gasteiger partial charge on any atom is -0.379 e. The first-order valence-electron chi connectivity index (χ1n) is 6.22. The van der Waals surface area contributed by atoms with E-state index in [1.54, 1.807) is 6.07 Å². The molecule has 18 heavy (non-hydrogen) atoms. The third-order valence-electron chi connectivity index (χ3n) is 3.78. The number of aryl methyl sites for hydroxylation is 1. The number of fused-ring (bicyclic) bond motifs is 1. The number of rotatable bonds is 0. The van der Waals surface area contributed by atoms with Crippen molar-refractivity contribution in [3.8, 4) is 0 Å². The van der Waals surface area contributed by atoms with Gasteiger partial charge >= 0.3 is 0 Å². The summed E-state index contributed by atoms with van der Waals surface area (Å²) in [6.07, 6.45) is 0.